The quantitative estimate of drug-likeness (QED) is 0.625. The summed E-state index contributed by atoms with van der Waals surface area (Å²) < 4.78 is 15.6. The van der Waals surface area contributed by atoms with Gasteiger partial charge in [-0.1, -0.05) is 18.2 Å². The van der Waals surface area contributed by atoms with Crippen molar-refractivity contribution in [2.75, 3.05) is 14.2 Å². The Morgan fingerprint density at radius 3 is 2.29 bits per heavy atom. The third-order valence-corrected chi connectivity index (χ3v) is 3.05. The smallest absolute Gasteiger partial charge is 0.315 e. The number of ether oxygens (including phenoxy) is 3. The zero-order valence-corrected chi connectivity index (χ0v) is 12.4. The number of benzene rings is 2. The van der Waals surface area contributed by atoms with Crippen LogP contribution in [0.2, 0.25) is 0 Å². The molecule has 21 heavy (non-hydrogen) atoms. The molecule has 0 unspecified atom stereocenters. The van der Waals surface area contributed by atoms with Crippen molar-refractivity contribution >= 4 is 5.97 Å². The summed E-state index contributed by atoms with van der Waals surface area (Å²) in [5.41, 5.74) is 1.91. The second-order valence-corrected chi connectivity index (χ2v) is 4.65. The predicted octanol–water partition coefficient (Wildman–Crippen LogP) is 3.16. The minimum Gasteiger partial charge on any atom is -0.497 e. The number of esters is 1. The number of carbonyl (C=O) groups excluding carboxylic acids is 1. The molecule has 2 rings (SSSR count). The minimum absolute atomic E-state index is 0.195. The maximum atomic E-state index is 12.0. The Bertz CT molecular complexity index is 617. The molecule has 0 N–H and O–H groups in total. The molecule has 0 bridgehead atoms. The van der Waals surface area contributed by atoms with Gasteiger partial charge < -0.3 is 14.2 Å². The Morgan fingerprint density at radius 2 is 1.67 bits per heavy atom. The highest BCUT2D eigenvalue weighted by Crippen LogP contribution is 2.28. The Labute approximate surface area is 124 Å². The largest absolute Gasteiger partial charge is 0.497 e. The van der Waals surface area contributed by atoms with Crippen LogP contribution in [0.3, 0.4) is 0 Å². The second-order valence-electron chi connectivity index (χ2n) is 4.65. The van der Waals surface area contributed by atoms with E-state index in [2.05, 4.69) is 0 Å². The summed E-state index contributed by atoms with van der Waals surface area (Å²) >= 11 is 0. The van der Waals surface area contributed by atoms with E-state index in [0.717, 1.165) is 16.9 Å². The molecule has 0 spiro atoms. The minimum atomic E-state index is -0.331. The SMILES string of the molecule is COc1ccc(CC(=O)Oc2ccc(C)cc2OC)cc1. The fourth-order valence-electron chi connectivity index (χ4n) is 1.93. The number of aryl methyl sites for hydroxylation is 1. The van der Waals surface area contributed by atoms with Crippen molar-refractivity contribution < 1.29 is 19.0 Å². The van der Waals surface area contributed by atoms with E-state index >= 15 is 0 Å². The first-order valence-corrected chi connectivity index (χ1v) is 6.60. The van der Waals surface area contributed by atoms with E-state index in [9.17, 15) is 4.79 Å². The van der Waals surface area contributed by atoms with Gasteiger partial charge in [-0.3, -0.25) is 4.79 Å². The van der Waals surface area contributed by atoms with Crippen molar-refractivity contribution in [2.45, 2.75) is 13.3 Å². The molecule has 4 heteroatoms. The van der Waals surface area contributed by atoms with Crippen LogP contribution in [0.1, 0.15) is 11.1 Å². The molecule has 2 aromatic carbocycles. The van der Waals surface area contributed by atoms with Gasteiger partial charge in [-0.15, -0.1) is 0 Å². The fraction of sp³-hybridized carbons (Fsp3) is 0.235. The van der Waals surface area contributed by atoms with Crippen LogP contribution in [0.4, 0.5) is 0 Å². The van der Waals surface area contributed by atoms with Crippen molar-refractivity contribution in [3.63, 3.8) is 0 Å². The number of rotatable bonds is 5. The molecule has 0 aliphatic heterocycles. The van der Waals surface area contributed by atoms with Crippen LogP contribution < -0.4 is 14.2 Å². The molecule has 0 aliphatic carbocycles. The van der Waals surface area contributed by atoms with Crippen LogP contribution in [-0.2, 0) is 11.2 Å². The van der Waals surface area contributed by atoms with E-state index in [1.165, 1.54) is 0 Å². The molecule has 0 atom stereocenters. The van der Waals surface area contributed by atoms with E-state index in [0.29, 0.717) is 11.5 Å². The third kappa shape index (κ3) is 3.99. The molecule has 2 aromatic rings. The first-order valence-electron chi connectivity index (χ1n) is 6.60. The molecular weight excluding hydrogens is 268 g/mol. The maximum Gasteiger partial charge on any atom is 0.315 e. The van der Waals surface area contributed by atoms with Gasteiger partial charge in [0.05, 0.1) is 20.6 Å². The van der Waals surface area contributed by atoms with E-state index in [4.69, 9.17) is 14.2 Å². The molecular formula is C17H18O4. The third-order valence-electron chi connectivity index (χ3n) is 3.05. The average molecular weight is 286 g/mol. The van der Waals surface area contributed by atoms with Crippen molar-refractivity contribution in [1.29, 1.82) is 0 Å². The molecule has 0 aliphatic rings. The van der Waals surface area contributed by atoms with Crippen molar-refractivity contribution in [3.8, 4) is 17.2 Å². The lowest BCUT2D eigenvalue weighted by molar-refractivity contribution is -0.133. The Kier molecular flexibility index (Phi) is 4.82. The number of carbonyl (C=O) groups is 1. The van der Waals surface area contributed by atoms with Crippen molar-refractivity contribution in [1.82, 2.24) is 0 Å². The zero-order chi connectivity index (χ0) is 15.2. The Balaban J connectivity index is 2.04. The topological polar surface area (TPSA) is 44.8 Å². The normalized spacial score (nSPS) is 10.0. The summed E-state index contributed by atoms with van der Waals surface area (Å²) in [6, 6.07) is 12.7. The molecule has 0 fully saturated rings. The summed E-state index contributed by atoms with van der Waals surface area (Å²) in [5.74, 6) is 1.41. The van der Waals surface area contributed by atoms with Crippen LogP contribution in [0.25, 0.3) is 0 Å². The van der Waals surface area contributed by atoms with Gasteiger partial charge in [0.1, 0.15) is 5.75 Å². The Hall–Kier alpha value is -2.49. The monoisotopic (exact) mass is 286 g/mol. The first kappa shape index (κ1) is 14.9. The van der Waals surface area contributed by atoms with Crippen molar-refractivity contribution in [3.05, 3.63) is 53.6 Å². The molecule has 110 valence electrons. The van der Waals surface area contributed by atoms with Crippen LogP contribution >= 0.6 is 0 Å². The van der Waals surface area contributed by atoms with Crippen LogP contribution in [0, 0.1) is 6.92 Å². The van der Waals surface area contributed by atoms with Crippen LogP contribution in [0.15, 0.2) is 42.5 Å². The van der Waals surface area contributed by atoms with Gasteiger partial charge in [-0.05, 0) is 42.3 Å². The van der Waals surface area contributed by atoms with Gasteiger partial charge in [-0.25, -0.2) is 0 Å². The molecule has 0 saturated carbocycles. The van der Waals surface area contributed by atoms with Crippen LogP contribution in [0.5, 0.6) is 17.2 Å². The van der Waals surface area contributed by atoms with Crippen LogP contribution in [-0.4, -0.2) is 20.2 Å². The zero-order valence-electron chi connectivity index (χ0n) is 12.4. The van der Waals surface area contributed by atoms with Gasteiger partial charge in [0, 0.05) is 0 Å². The summed E-state index contributed by atoms with van der Waals surface area (Å²) in [7, 11) is 3.16. The second kappa shape index (κ2) is 6.79. The summed E-state index contributed by atoms with van der Waals surface area (Å²) in [6.07, 6.45) is 0.195. The summed E-state index contributed by atoms with van der Waals surface area (Å²) in [4.78, 5) is 12.0. The van der Waals surface area contributed by atoms with E-state index < -0.39 is 0 Å². The van der Waals surface area contributed by atoms with Crippen molar-refractivity contribution in [2.24, 2.45) is 0 Å². The highest BCUT2D eigenvalue weighted by molar-refractivity contribution is 5.76. The summed E-state index contributed by atoms with van der Waals surface area (Å²) in [5, 5.41) is 0. The van der Waals surface area contributed by atoms with E-state index in [1.54, 1.807) is 20.3 Å². The molecule has 0 heterocycles. The van der Waals surface area contributed by atoms with Gasteiger partial charge in [0.15, 0.2) is 11.5 Å². The highest BCUT2D eigenvalue weighted by Gasteiger charge is 2.11. The number of hydrogen-bond acceptors (Lipinski definition) is 4. The first-order chi connectivity index (χ1) is 10.1. The maximum absolute atomic E-state index is 12.0. The number of methoxy groups -OCH3 is 2. The van der Waals surface area contributed by atoms with Gasteiger partial charge >= 0.3 is 5.97 Å². The predicted molar refractivity (Wildman–Crippen MR) is 80.1 cm³/mol. The molecule has 0 radical (unpaired) electrons. The van der Waals surface area contributed by atoms with Gasteiger partial charge in [0.25, 0.3) is 0 Å². The van der Waals surface area contributed by atoms with Gasteiger partial charge in [0.2, 0.25) is 0 Å². The standard InChI is InChI=1S/C17H18O4/c1-12-4-9-15(16(10-12)20-3)21-17(18)11-13-5-7-14(19-2)8-6-13/h4-10H,11H2,1-3H3. The van der Waals surface area contributed by atoms with Gasteiger partial charge in [-0.2, -0.15) is 0 Å². The van der Waals surface area contributed by atoms with E-state index in [1.807, 2.05) is 43.3 Å². The number of hydrogen-bond donors (Lipinski definition) is 0. The fourth-order valence-corrected chi connectivity index (χ4v) is 1.93. The lowest BCUT2D eigenvalue weighted by Crippen LogP contribution is -2.11. The molecule has 4 nitrogen and oxygen atoms in total. The summed E-state index contributed by atoms with van der Waals surface area (Å²) in [6.45, 7) is 1.95. The molecule has 0 aromatic heterocycles. The highest BCUT2D eigenvalue weighted by atomic mass is 16.6. The average Bonchev–Trinajstić information content (AvgIpc) is 2.49. The molecule has 0 amide bonds. The lowest BCUT2D eigenvalue weighted by Gasteiger charge is -2.10. The Morgan fingerprint density at radius 1 is 0.952 bits per heavy atom. The molecule has 0 saturated heterocycles. The lowest BCUT2D eigenvalue weighted by atomic mass is 10.1. The van der Waals surface area contributed by atoms with E-state index in [-0.39, 0.29) is 12.4 Å².